The predicted molar refractivity (Wildman–Crippen MR) is 135 cm³/mol. The maximum absolute atomic E-state index is 13.6. The number of hydrogen-bond acceptors (Lipinski definition) is 7. The van der Waals surface area contributed by atoms with Crippen LogP contribution in [0, 0.1) is 0 Å². The van der Waals surface area contributed by atoms with Gasteiger partial charge in [0.15, 0.2) is 5.65 Å². The molecule has 0 unspecified atom stereocenters. The van der Waals surface area contributed by atoms with Gasteiger partial charge in [0.05, 0.1) is 11.7 Å². The molecule has 2 N–H and O–H groups in total. The van der Waals surface area contributed by atoms with Gasteiger partial charge in [-0.1, -0.05) is 19.9 Å². The molecular weight excluding hydrogens is 461 g/mol. The highest BCUT2D eigenvalue weighted by molar-refractivity contribution is 5.76. The van der Waals surface area contributed by atoms with Gasteiger partial charge >= 0.3 is 6.01 Å². The first-order chi connectivity index (χ1) is 17.2. The molecule has 1 aromatic carbocycles. The number of aromatic nitrogens is 5. The zero-order valence-corrected chi connectivity index (χ0v) is 20.9. The minimum atomic E-state index is -0.798. The van der Waals surface area contributed by atoms with E-state index in [4.69, 9.17) is 9.40 Å². The van der Waals surface area contributed by atoms with Gasteiger partial charge in [-0.3, -0.25) is 9.18 Å². The maximum Gasteiger partial charge on any atom is 0.323 e. The van der Waals surface area contributed by atoms with E-state index >= 15 is 0 Å². The fourth-order valence-corrected chi connectivity index (χ4v) is 4.86. The predicted octanol–water partition coefficient (Wildman–Crippen LogP) is 4.28. The lowest BCUT2D eigenvalue weighted by atomic mass is 9.85. The average Bonchev–Trinajstić information content (AvgIpc) is 3.48. The molecule has 1 saturated carbocycles. The van der Waals surface area contributed by atoms with E-state index in [0.29, 0.717) is 22.7 Å². The first kappa shape index (κ1) is 22.9. The van der Waals surface area contributed by atoms with Crippen LogP contribution in [0.15, 0.2) is 39.9 Å². The summed E-state index contributed by atoms with van der Waals surface area (Å²) in [6.07, 6.45) is 5.71. The molecule has 0 spiro atoms. The van der Waals surface area contributed by atoms with Crippen molar-refractivity contribution in [1.29, 1.82) is 0 Å². The second-order valence-corrected chi connectivity index (χ2v) is 11.0. The van der Waals surface area contributed by atoms with Crippen molar-refractivity contribution in [1.82, 2.24) is 29.6 Å². The van der Waals surface area contributed by atoms with Crippen molar-refractivity contribution in [3.63, 3.8) is 0 Å². The van der Waals surface area contributed by atoms with E-state index in [1.54, 1.807) is 29.4 Å². The fourth-order valence-electron chi connectivity index (χ4n) is 4.86. The molecule has 36 heavy (non-hydrogen) atoms. The standard InChI is InChI=1S/C26H30FN7O2/c1-25(2,14-27)20-13-36-24(31-20)34-21-18(22(35)33(34)17-6-7-17)12-28-23(32-21)30-16-5-8-19-15(11-16)9-10-29-26(19,3)4/h5,8,11-13,17,29H,6-7,9-10,14H2,1-4H3,(H,28,30,32). The first-order valence-electron chi connectivity index (χ1n) is 12.4. The van der Waals surface area contributed by atoms with Gasteiger partial charge in [0.2, 0.25) is 5.95 Å². The molecule has 0 radical (unpaired) electrons. The highest BCUT2D eigenvalue weighted by Gasteiger charge is 2.33. The molecule has 4 aromatic rings. The molecule has 1 fully saturated rings. The van der Waals surface area contributed by atoms with Gasteiger partial charge in [-0.25, -0.2) is 9.67 Å². The van der Waals surface area contributed by atoms with Crippen LogP contribution in [0.25, 0.3) is 17.0 Å². The molecule has 6 rings (SSSR count). The third-order valence-corrected chi connectivity index (χ3v) is 7.21. The van der Waals surface area contributed by atoms with Crippen molar-refractivity contribution in [2.75, 3.05) is 18.5 Å². The molecule has 0 amide bonds. The second kappa shape index (κ2) is 7.99. The highest BCUT2D eigenvalue weighted by Crippen LogP contribution is 2.36. The minimum absolute atomic E-state index is 0.0465. The third kappa shape index (κ3) is 3.71. The van der Waals surface area contributed by atoms with Crippen molar-refractivity contribution in [2.45, 2.75) is 64.0 Å². The van der Waals surface area contributed by atoms with Crippen LogP contribution in [0.2, 0.25) is 0 Å². The molecule has 188 valence electrons. The van der Waals surface area contributed by atoms with Gasteiger partial charge in [-0.05, 0) is 62.9 Å². The lowest BCUT2D eigenvalue weighted by Gasteiger charge is -2.34. The first-order valence-corrected chi connectivity index (χ1v) is 12.4. The van der Waals surface area contributed by atoms with Crippen LogP contribution < -0.4 is 16.2 Å². The number of oxazole rings is 1. The number of halogens is 1. The third-order valence-electron chi connectivity index (χ3n) is 7.21. The Labute approximate surface area is 207 Å². The summed E-state index contributed by atoms with van der Waals surface area (Å²) in [5.74, 6) is 0.369. The number of hydrogen-bond donors (Lipinski definition) is 2. The largest absolute Gasteiger partial charge is 0.430 e. The summed E-state index contributed by atoms with van der Waals surface area (Å²) in [4.78, 5) is 26.9. The van der Waals surface area contributed by atoms with E-state index in [2.05, 4.69) is 46.6 Å². The molecule has 0 saturated heterocycles. The summed E-state index contributed by atoms with van der Waals surface area (Å²) >= 11 is 0. The van der Waals surface area contributed by atoms with Crippen molar-refractivity contribution in [2.24, 2.45) is 0 Å². The van der Waals surface area contributed by atoms with Gasteiger partial charge in [0, 0.05) is 22.8 Å². The number of fused-ring (bicyclic) bond motifs is 2. The monoisotopic (exact) mass is 491 g/mol. The van der Waals surface area contributed by atoms with E-state index < -0.39 is 12.1 Å². The topological polar surface area (TPSA) is 103 Å². The smallest absolute Gasteiger partial charge is 0.323 e. The Bertz CT molecular complexity index is 1530. The van der Waals surface area contributed by atoms with Gasteiger partial charge in [-0.15, -0.1) is 0 Å². The van der Waals surface area contributed by atoms with Crippen LogP contribution in [-0.4, -0.2) is 37.5 Å². The quantitative estimate of drug-likeness (QED) is 0.415. The summed E-state index contributed by atoms with van der Waals surface area (Å²) in [5, 5.41) is 7.23. The molecule has 0 atom stereocenters. The van der Waals surface area contributed by atoms with Crippen molar-refractivity contribution >= 4 is 22.7 Å². The normalized spacial score (nSPS) is 17.4. The van der Waals surface area contributed by atoms with Gasteiger partial charge < -0.3 is 15.1 Å². The Morgan fingerprint density at radius 3 is 2.83 bits per heavy atom. The number of nitrogens with one attached hydrogen (secondary N) is 2. The molecule has 4 heterocycles. The zero-order valence-electron chi connectivity index (χ0n) is 20.9. The Hall–Kier alpha value is -3.53. The van der Waals surface area contributed by atoms with Crippen molar-refractivity contribution in [3.05, 3.63) is 57.8 Å². The molecule has 10 heteroatoms. The second-order valence-electron chi connectivity index (χ2n) is 11.0. The van der Waals surface area contributed by atoms with Crippen LogP contribution in [0.4, 0.5) is 16.0 Å². The molecule has 0 bridgehead atoms. The number of nitrogens with zero attached hydrogens (tertiary/aromatic N) is 5. The van der Waals surface area contributed by atoms with Crippen molar-refractivity contribution in [3.8, 4) is 6.01 Å². The van der Waals surface area contributed by atoms with E-state index in [-0.39, 0.29) is 23.2 Å². The summed E-state index contributed by atoms with van der Waals surface area (Å²) in [7, 11) is 0. The number of rotatable bonds is 6. The zero-order chi connectivity index (χ0) is 25.2. The number of benzene rings is 1. The van der Waals surface area contributed by atoms with Crippen molar-refractivity contribution < 1.29 is 8.81 Å². The van der Waals surface area contributed by atoms with Crippen LogP contribution >= 0.6 is 0 Å². The molecule has 3 aromatic heterocycles. The van der Waals surface area contributed by atoms with Crippen LogP contribution in [0.5, 0.6) is 0 Å². The minimum Gasteiger partial charge on any atom is -0.430 e. The summed E-state index contributed by atoms with van der Waals surface area (Å²) < 4.78 is 22.6. The van der Waals surface area contributed by atoms with Gasteiger partial charge in [0.25, 0.3) is 5.56 Å². The van der Waals surface area contributed by atoms with Gasteiger partial charge in [0.1, 0.15) is 18.3 Å². The number of alkyl halides is 1. The van der Waals surface area contributed by atoms with E-state index in [1.807, 2.05) is 6.07 Å². The Morgan fingerprint density at radius 1 is 1.28 bits per heavy atom. The summed E-state index contributed by atoms with van der Waals surface area (Å²) in [6, 6.07) is 6.52. The average molecular weight is 492 g/mol. The lowest BCUT2D eigenvalue weighted by molar-refractivity contribution is 0.343. The molecule has 9 nitrogen and oxygen atoms in total. The van der Waals surface area contributed by atoms with E-state index in [0.717, 1.165) is 31.5 Å². The highest BCUT2D eigenvalue weighted by atomic mass is 19.1. The van der Waals surface area contributed by atoms with Crippen LogP contribution in [-0.2, 0) is 17.4 Å². The summed E-state index contributed by atoms with van der Waals surface area (Å²) in [5.41, 5.74) is 3.26. The van der Waals surface area contributed by atoms with Crippen LogP contribution in [0.1, 0.15) is 63.4 Å². The Balaban J connectivity index is 1.42. The molecule has 1 aliphatic carbocycles. The number of anilines is 2. The molecule has 1 aliphatic heterocycles. The SMILES string of the molecule is CC(C)(CF)c1coc(-n2c3nc(Nc4ccc5c(c4)CCNC5(C)C)ncc3c(=O)n2C2CC2)n1. The Kier molecular flexibility index (Phi) is 5.08. The maximum atomic E-state index is 13.6. The molecule has 2 aliphatic rings. The Morgan fingerprint density at radius 2 is 2.08 bits per heavy atom. The molecular formula is C26H30FN7O2. The van der Waals surface area contributed by atoms with E-state index in [1.165, 1.54) is 17.4 Å². The van der Waals surface area contributed by atoms with Crippen LogP contribution in [0.3, 0.4) is 0 Å². The van der Waals surface area contributed by atoms with E-state index in [9.17, 15) is 9.18 Å². The fraction of sp³-hybridized carbons (Fsp3) is 0.462. The lowest BCUT2D eigenvalue weighted by Crippen LogP contribution is -2.42. The summed E-state index contributed by atoms with van der Waals surface area (Å²) in [6.45, 7) is 8.23. The van der Waals surface area contributed by atoms with Gasteiger partial charge in [-0.2, -0.15) is 14.6 Å².